The van der Waals surface area contributed by atoms with Crippen LogP contribution >= 0.6 is 31.9 Å². The maximum atomic E-state index is 11.0. The first-order valence-electron chi connectivity index (χ1n) is 10.1. The van der Waals surface area contributed by atoms with E-state index < -0.39 is 23.5 Å². The van der Waals surface area contributed by atoms with Gasteiger partial charge in [0, 0.05) is 8.95 Å². The van der Waals surface area contributed by atoms with Crippen molar-refractivity contribution in [3.63, 3.8) is 0 Å². The Morgan fingerprint density at radius 1 is 0.706 bits per heavy atom. The second-order valence-corrected chi connectivity index (χ2v) is 10.9. The van der Waals surface area contributed by atoms with Gasteiger partial charge in [-0.15, -0.1) is 0 Å². The van der Waals surface area contributed by atoms with Gasteiger partial charge in [0.1, 0.15) is 11.2 Å². The fraction of sp³-hybridized carbons (Fsp3) is 0.440. The number of ether oxygens (including phenoxy) is 3. The average Bonchev–Trinajstić information content (AvgIpc) is 2.59. The lowest BCUT2D eigenvalue weighted by Crippen LogP contribution is -2.29. The first-order valence-corrected chi connectivity index (χ1v) is 11.7. The lowest BCUT2D eigenvalue weighted by Gasteiger charge is -2.20. The van der Waals surface area contributed by atoms with E-state index in [1.165, 1.54) is 11.1 Å². The molecule has 2 aromatic rings. The molecule has 2 aromatic carbocycles. The van der Waals surface area contributed by atoms with Gasteiger partial charge in [0.05, 0.1) is 11.4 Å². The molecule has 0 aliphatic carbocycles. The van der Waals surface area contributed by atoms with Gasteiger partial charge in [-0.05, 0) is 96.8 Å². The molecule has 0 spiro atoms. The molecule has 0 amide bonds. The highest BCUT2D eigenvalue weighted by Crippen LogP contribution is 2.19. The topological polar surface area (TPSA) is 114 Å². The highest BCUT2D eigenvalue weighted by Gasteiger charge is 2.24. The van der Waals surface area contributed by atoms with E-state index in [-0.39, 0.29) is 7.43 Å². The smallest absolute Gasteiger partial charge is 0.428 e. The van der Waals surface area contributed by atoms with Crippen LogP contribution < -0.4 is 11.5 Å². The monoisotopic (exact) mass is 604 g/mol. The standard InChI is InChI=1S/C10H18O5.C8H9Br.C6H7BrN2.CH4/c1-9(2,3)14-7(11)13-8(12)15-10(4,5)6;1-6-3-4-8(9)5-7(6)2;7-4-1-2-5(8)6(9)3-4;/h1-6H3;3-5H,1-2H3;1-3H,8-9H2;1H4. The summed E-state index contributed by atoms with van der Waals surface area (Å²) >= 11 is 6.66. The minimum absolute atomic E-state index is 0. The summed E-state index contributed by atoms with van der Waals surface area (Å²) in [5, 5.41) is 0. The maximum Gasteiger partial charge on any atom is 0.519 e. The molecular formula is C25H38Br2N2O5. The highest BCUT2D eigenvalue weighted by molar-refractivity contribution is 9.10. The summed E-state index contributed by atoms with van der Waals surface area (Å²) in [4.78, 5) is 22.0. The Kier molecular flexibility index (Phi) is 14.8. The quantitative estimate of drug-likeness (QED) is 0.177. The molecular weight excluding hydrogens is 568 g/mol. The molecule has 0 saturated heterocycles. The van der Waals surface area contributed by atoms with Gasteiger partial charge in [0.2, 0.25) is 0 Å². The summed E-state index contributed by atoms with van der Waals surface area (Å²) in [7, 11) is 0. The van der Waals surface area contributed by atoms with Crippen molar-refractivity contribution in [3.8, 4) is 0 Å². The molecule has 0 atom stereocenters. The largest absolute Gasteiger partial charge is 0.519 e. The normalized spacial score (nSPS) is 10.3. The number of carbonyl (C=O) groups is 2. The van der Waals surface area contributed by atoms with Crippen molar-refractivity contribution < 1.29 is 23.8 Å². The average molecular weight is 606 g/mol. The van der Waals surface area contributed by atoms with Crippen LogP contribution in [0.4, 0.5) is 21.0 Å². The number of benzene rings is 2. The van der Waals surface area contributed by atoms with Crippen LogP contribution in [-0.4, -0.2) is 23.5 Å². The number of hydrogen-bond donors (Lipinski definition) is 2. The van der Waals surface area contributed by atoms with E-state index in [0.29, 0.717) is 11.4 Å². The van der Waals surface area contributed by atoms with Gasteiger partial charge < -0.3 is 25.7 Å². The molecule has 0 heterocycles. The van der Waals surface area contributed by atoms with E-state index in [0.717, 1.165) is 8.95 Å². The van der Waals surface area contributed by atoms with Crippen molar-refractivity contribution in [2.45, 2.75) is 74.0 Å². The lowest BCUT2D eigenvalue weighted by molar-refractivity contribution is -0.0293. The first kappa shape index (κ1) is 33.9. The molecule has 0 unspecified atom stereocenters. The predicted molar refractivity (Wildman–Crippen MR) is 147 cm³/mol. The SMILES string of the molecule is C.CC(C)(C)OC(=O)OC(=O)OC(C)(C)C.Cc1ccc(Br)cc1C.Nc1ccc(Br)cc1N. The third-order valence-corrected chi connectivity index (χ3v) is 4.45. The van der Waals surface area contributed by atoms with E-state index in [9.17, 15) is 9.59 Å². The van der Waals surface area contributed by atoms with Crippen molar-refractivity contribution in [2.24, 2.45) is 0 Å². The highest BCUT2D eigenvalue weighted by atomic mass is 79.9. The number of carbonyl (C=O) groups excluding carboxylic acids is 2. The van der Waals surface area contributed by atoms with E-state index >= 15 is 0 Å². The van der Waals surface area contributed by atoms with Gasteiger partial charge in [0.25, 0.3) is 0 Å². The van der Waals surface area contributed by atoms with Crippen LogP contribution in [0.25, 0.3) is 0 Å². The van der Waals surface area contributed by atoms with Crippen molar-refractivity contribution in [3.05, 3.63) is 56.5 Å². The number of nitrogens with two attached hydrogens (primary N) is 2. The van der Waals surface area contributed by atoms with Crippen LogP contribution in [0.15, 0.2) is 45.3 Å². The molecule has 34 heavy (non-hydrogen) atoms. The molecule has 0 aliphatic rings. The Bertz CT molecular complexity index is 860. The van der Waals surface area contributed by atoms with Crippen molar-refractivity contribution >= 4 is 55.5 Å². The van der Waals surface area contributed by atoms with Gasteiger partial charge in [-0.3, -0.25) is 0 Å². The van der Waals surface area contributed by atoms with E-state index in [1.54, 1.807) is 53.7 Å². The summed E-state index contributed by atoms with van der Waals surface area (Å²) in [6.45, 7) is 14.2. The molecule has 192 valence electrons. The van der Waals surface area contributed by atoms with Gasteiger partial charge in [-0.2, -0.15) is 0 Å². The Labute approximate surface area is 220 Å². The molecule has 0 aliphatic heterocycles. The molecule has 4 N–H and O–H groups in total. The van der Waals surface area contributed by atoms with Crippen LogP contribution in [0.1, 0.15) is 60.1 Å². The van der Waals surface area contributed by atoms with Gasteiger partial charge >= 0.3 is 12.3 Å². The molecule has 9 heteroatoms. The maximum absolute atomic E-state index is 11.0. The summed E-state index contributed by atoms with van der Waals surface area (Å²) in [5.74, 6) is 0. The molecule has 7 nitrogen and oxygen atoms in total. The summed E-state index contributed by atoms with van der Waals surface area (Å²) in [6.07, 6.45) is -2.12. The van der Waals surface area contributed by atoms with Crippen LogP contribution in [0, 0.1) is 13.8 Å². The third kappa shape index (κ3) is 17.2. The Morgan fingerprint density at radius 3 is 1.44 bits per heavy atom. The van der Waals surface area contributed by atoms with Gasteiger partial charge in [0.15, 0.2) is 0 Å². The zero-order chi connectivity index (χ0) is 26.0. The molecule has 0 aromatic heterocycles. The minimum Gasteiger partial charge on any atom is -0.428 e. The van der Waals surface area contributed by atoms with Crippen LogP contribution in [-0.2, 0) is 14.2 Å². The number of hydrogen-bond acceptors (Lipinski definition) is 7. The third-order valence-electron chi connectivity index (χ3n) is 3.46. The first-order chi connectivity index (χ1) is 14.9. The number of anilines is 2. The minimum atomic E-state index is -1.06. The van der Waals surface area contributed by atoms with E-state index in [1.807, 2.05) is 6.07 Å². The van der Waals surface area contributed by atoms with Crippen molar-refractivity contribution in [1.82, 2.24) is 0 Å². The lowest BCUT2D eigenvalue weighted by atomic mass is 10.1. The van der Waals surface area contributed by atoms with E-state index in [2.05, 4.69) is 68.6 Å². The number of aryl methyl sites for hydroxylation is 2. The van der Waals surface area contributed by atoms with E-state index in [4.69, 9.17) is 20.9 Å². The molecule has 0 bridgehead atoms. The van der Waals surface area contributed by atoms with Crippen molar-refractivity contribution in [1.29, 1.82) is 0 Å². The van der Waals surface area contributed by atoms with Crippen molar-refractivity contribution in [2.75, 3.05) is 11.5 Å². The number of halogens is 2. The Balaban J connectivity index is 0. The summed E-state index contributed by atoms with van der Waals surface area (Å²) in [5.41, 5.74) is 13.4. The molecule has 0 radical (unpaired) electrons. The number of nitrogen functional groups attached to an aromatic ring is 2. The van der Waals surface area contributed by atoms with Gasteiger partial charge in [-0.1, -0.05) is 45.4 Å². The number of rotatable bonds is 0. The second kappa shape index (κ2) is 14.9. The molecule has 2 rings (SSSR count). The summed E-state index contributed by atoms with van der Waals surface area (Å²) in [6, 6.07) is 11.7. The van der Waals surface area contributed by atoms with Crippen LogP contribution in [0.2, 0.25) is 0 Å². The van der Waals surface area contributed by atoms with Gasteiger partial charge in [-0.25, -0.2) is 9.59 Å². The Morgan fingerprint density at radius 2 is 1.12 bits per heavy atom. The molecule has 0 fully saturated rings. The molecule has 0 saturated carbocycles. The zero-order valence-electron chi connectivity index (χ0n) is 20.4. The fourth-order valence-corrected chi connectivity index (χ4v) is 2.71. The predicted octanol–water partition coefficient (Wildman–Crippen LogP) is 8.19. The second-order valence-electron chi connectivity index (χ2n) is 9.03. The summed E-state index contributed by atoms with van der Waals surface area (Å²) < 4.78 is 15.9. The zero-order valence-corrected chi connectivity index (χ0v) is 23.6. The van der Waals surface area contributed by atoms with Crippen LogP contribution in [0.3, 0.4) is 0 Å². The Hall–Kier alpha value is -2.26. The van der Waals surface area contributed by atoms with Crippen LogP contribution in [0.5, 0.6) is 0 Å². The fourth-order valence-electron chi connectivity index (χ4n) is 1.86.